The van der Waals surface area contributed by atoms with Crippen LogP contribution >= 0.6 is 0 Å². The number of rotatable bonds is 2. The van der Waals surface area contributed by atoms with Crippen LogP contribution in [0.4, 0.5) is 0 Å². The Bertz CT molecular complexity index is 491. The number of ether oxygens (including phenoxy) is 1. The van der Waals surface area contributed by atoms with Gasteiger partial charge in [0.2, 0.25) is 0 Å². The molecule has 3 unspecified atom stereocenters. The highest BCUT2D eigenvalue weighted by Gasteiger charge is 2.42. The molecule has 0 aromatic rings. The highest BCUT2D eigenvalue weighted by Crippen LogP contribution is 2.43. The first kappa shape index (κ1) is 12.5. The predicted octanol–water partition coefficient (Wildman–Crippen LogP) is 2.72. The zero-order valence-corrected chi connectivity index (χ0v) is 12.3. The minimum Gasteiger partial charge on any atom is -0.490 e. The molecule has 0 aromatic carbocycles. The fraction of sp³-hybridized carbons (Fsp3) is 0.647. The maximum absolute atomic E-state index is 5.99. The molecule has 0 bridgehead atoms. The van der Waals surface area contributed by atoms with Gasteiger partial charge in [0.1, 0.15) is 6.10 Å². The molecule has 108 valence electrons. The number of nitrogens with one attached hydrogen (secondary N) is 1. The van der Waals surface area contributed by atoms with Crippen molar-refractivity contribution < 1.29 is 4.74 Å². The fourth-order valence-electron chi connectivity index (χ4n) is 4.42. The van der Waals surface area contributed by atoms with Crippen molar-refractivity contribution in [2.24, 2.45) is 0 Å². The SMILES string of the molecule is CCCN1CC2=C3C(=CCCC31)C1OC=CNC1CC2. The molecule has 0 saturated heterocycles. The summed E-state index contributed by atoms with van der Waals surface area (Å²) in [7, 11) is 0. The summed E-state index contributed by atoms with van der Waals surface area (Å²) in [6.07, 6.45) is 12.6. The van der Waals surface area contributed by atoms with Gasteiger partial charge >= 0.3 is 0 Å². The fourth-order valence-corrected chi connectivity index (χ4v) is 4.42. The lowest BCUT2D eigenvalue weighted by Crippen LogP contribution is -2.44. The van der Waals surface area contributed by atoms with Crippen molar-refractivity contribution in [2.75, 3.05) is 13.1 Å². The minimum atomic E-state index is 0.233. The zero-order chi connectivity index (χ0) is 13.5. The molecular weight excluding hydrogens is 248 g/mol. The molecule has 0 radical (unpaired) electrons. The Balaban J connectivity index is 1.70. The molecule has 2 aliphatic carbocycles. The van der Waals surface area contributed by atoms with E-state index in [9.17, 15) is 0 Å². The number of fused-ring (bicyclic) bond motifs is 2. The van der Waals surface area contributed by atoms with Crippen molar-refractivity contribution in [2.45, 2.75) is 57.2 Å². The molecule has 1 N–H and O–H groups in total. The van der Waals surface area contributed by atoms with Crippen LogP contribution in [0.5, 0.6) is 0 Å². The number of allylic oxidation sites excluding steroid dienone is 1. The smallest absolute Gasteiger partial charge is 0.143 e. The Morgan fingerprint density at radius 3 is 3.25 bits per heavy atom. The quantitative estimate of drug-likeness (QED) is 0.836. The molecule has 4 rings (SSSR count). The van der Waals surface area contributed by atoms with Crippen LogP contribution in [-0.2, 0) is 4.74 Å². The Morgan fingerprint density at radius 2 is 2.35 bits per heavy atom. The van der Waals surface area contributed by atoms with E-state index in [1.54, 1.807) is 11.1 Å². The van der Waals surface area contributed by atoms with E-state index < -0.39 is 0 Å². The normalized spacial score (nSPS) is 35.6. The summed E-state index contributed by atoms with van der Waals surface area (Å²) < 4.78 is 5.99. The summed E-state index contributed by atoms with van der Waals surface area (Å²) in [6, 6.07) is 1.12. The van der Waals surface area contributed by atoms with Gasteiger partial charge in [-0.1, -0.05) is 18.6 Å². The van der Waals surface area contributed by atoms with Gasteiger partial charge in [-0.2, -0.15) is 0 Å². The van der Waals surface area contributed by atoms with E-state index in [1.165, 1.54) is 50.8 Å². The van der Waals surface area contributed by atoms with Gasteiger partial charge in [-0.25, -0.2) is 0 Å². The third-order valence-corrected chi connectivity index (χ3v) is 5.21. The van der Waals surface area contributed by atoms with Crippen LogP contribution in [-0.4, -0.2) is 36.2 Å². The van der Waals surface area contributed by atoms with Gasteiger partial charge in [0.15, 0.2) is 0 Å². The number of hydrogen-bond acceptors (Lipinski definition) is 3. The second kappa shape index (κ2) is 4.96. The molecular formula is C17H24N2O. The first-order valence-electron chi connectivity index (χ1n) is 8.11. The van der Waals surface area contributed by atoms with Gasteiger partial charge in [0.05, 0.1) is 12.3 Å². The van der Waals surface area contributed by atoms with E-state index in [0.29, 0.717) is 12.1 Å². The second-order valence-corrected chi connectivity index (χ2v) is 6.41. The van der Waals surface area contributed by atoms with Crippen molar-refractivity contribution >= 4 is 0 Å². The minimum absolute atomic E-state index is 0.233. The van der Waals surface area contributed by atoms with E-state index in [-0.39, 0.29) is 6.10 Å². The standard InChI is InChI=1S/C17H24N2O/c1-2-9-19-11-12-6-7-14-17(20-10-8-18-14)13-4-3-5-15(19)16(12)13/h4,8,10,14-15,17-18H,2-3,5-7,9,11H2,1H3. The van der Waals surface area contributed by atoms with Gasteiger partial charge in [-0.05, 0) is 49.8 Å². The molecule has 3 heteroatoms. The van der Waals surface area contributed by atoms with Crippen LogP contribution in [0.2, 0.25) is 0 Å². The maximum atomic E-state index is 5.99. The van der Waals surface area contributed by atoms with Crippen LogP contribution in [0.3, 0.4) is 0 Å². The first-order chi connectivity index (χ1) is 9.88. The van der Waals surface area contributed by atoms with Gasteiger partial charge in [0, 0.05) is 18.8 Å². The average molecular weight is 272 g/mol. The first-order valence-corrected chi connectivity index (χ1v) is 8.11. The lowest BCUT2D eigenvalue weighted by molar-refractivity contribution is 0.117. The summed E-state index contributed by atoms with van der Waals surface area (Å²) in [5.41, 5.74) is 4.83. The van der Waals surface area contributed by atoms with E-state index in [1.807, 2.05) is 12.5 Å². The van der Waals surface area contributed by atoms with Crippen molar-refractivity contribution in [1.82, 2.24) is 10.2 Å². The second-order valence-electron chi connectivity index (χ2n) is 6.41. The van der Waals surface area contributed by atoms with Crippen LogP contribution in [0.15, 0.2) is 35.3 Å². The average Bonchev–Trinajstić information content (AvgIpc) is 2.75. The monoisotopic (exact) mass is 272 g/mol. The van der Waals surface area contributed by atoms with Crippen molar-refractivity contribution in [3.63, 3.8) is 0 Å². The van der Waals surface area contributed by atoms with E-state index >= 15 is 0 Å². The third kappa shape index (κ3) is 1.83. The van der Waals surface area contributed by atoms with Gasteiger partial charge in [-0.15, -0.1) is 0 Å². The van der Waals surface area contributed by atoms with E-state index in [4.69, 9.17) is 4.74 Å². The summed E-state index contributed by atoms with van der Waals surface area (Å²) in [5, 5.41) is 3.50. The Morgan fingerprint density at radius 1 is 1.40 bits per heavy atom. The Labute approximate surface area is 121 Å². The molecule has 0 amide bonds. The highest BCUT2D eigenvalue weighted by molar-refractivity contribution is 5.49. The van der Waals surface area contributed by atoms with Crippen molar-refractivity contribution in [3.05, 3.63) is 35.3 Å². The number of nitrogens with zero attached hydrogens (tertiary/aromatic N) is 1. The zero-order valence-electron chi connectivity index (χ0n) is 12.3. The van der Waals surface area contributed by atoms with E-state index in [2.05, 4.69) is 23.2 Å². The van der Waals surface area contributed by atoms with Gasteiger partial charge in [-0.3, -0.25) is 4.90 Å². The lowest BCUT2D eigenvalue weighted by Gasteiger charge is -2.36. The molecule has 2 aliphatic heterocycles. The molecule has 20 heavy (non-hydrogen) atoms. The van der Waals surface area contributed by atoms with Crippen LogP contribution in [0, 0.1) is 0 Å². The van der Waals surface area contributed by atoms with Crippen molar-refractivity contribution in [3.8, 4) is 0 Å². The van der Waals surface area contributed by atoms with Crippen LogP contribution in [0.25, 0.3) is 0 Å². The summed E-state index contributed by atoms with van der Waals surface area (Å²) in [5.74, 6) is 0. The molecule has 3 atom stereocenters. The largest absolute Gasteiger partial charge is 0.490 e. The highest BCUT2D eigenvalue weighted by atomic mass is 16.5. The summed E-state index contributed by atoms with van der Waals surface area (Å²) in [6.45, 7) is 4.72. The van der Waals surface area contributed by atoms with Crippen LogP contribution in [0.1, 0.15) is 39.0 Å². The maximum Gasteiger partial charge on any atom is 0.143 e. The molecule has 2 heterocycles. The molecule has 3 nitrogen and oxygen atoms in total. The molecule has 0 spiro atoms. The predicted molar refractivity (Wildman–Crippen MR) is 80.2 cm³/mol. The molecule has 0 fully saturated rings. The number of hydrogen-bond donors (Lipinski definition) is 1. The Hall–Kier alpha value is -1.22. The van der Waals surface area contributed by atoms with Crippen molar-refractivity contribution in [1.29, 1.82) is 0 Å². The summed E-state index contributed by atoms with van der Waals surface area (Å²) >= 11 is 0. The molecule has 0 saturated carbocycles. The van der Waals surface area contributed by atoms with E-state index in [0.717, 1.165) is 0 Å². The Kier molecular flexibility index (Phi) is 3.10. The summed E-state index contributed by atoms with van der Waals surface area (Å²) in [4.78, 5) is 2.70. The molecule has 4 aliphatic rings. The lowest BCUT2D eigenvalue weighted by atomic mass is 9.84. The van der Waals surface area contributed by atoms with Gasteiger partial charge < -0.3 is 10.1 Å². The molecule has 0 aromatic heterocycles. The third-order valence-electron chi connectivity index (χ3n) is 5.21. The van der Waals surface area contributed by atoms with Crippen LogP contribution < -0.4 is 5.32 Å². The topological polar surface area (TPSA) is 24.5 Å². The van der Waals surface area contributed by atoms with Gasteiger partial charge in [0.25, 0.3) is 0 Å².